The standard InChI is InChI=1S/C15H20N6/c16-15-4-3-14(18-19-15)12-21-8-6-20(7-9-21)11-13-2-1-5-17-10-13/h1-5,10H,6-9,11-12H2,(H2,16,19). The first-order valence-electron chi connectivity index (χ1n) is 7.21. The molecule has 0 aliphatic carbocycles. The van der Waals surface area contributed by atoms with Gasteiger partial charge in [-0.25, -0.2) is 0 Å². The molecular formula is C15H20N6. The quantitative estimate of drug-likeness (QED) is 0.894. The van der Waals surface area contributed by atoms with E-state index in [1.54, 1.807) is 6.07 Å². The van der Waals surface area contributed by atoms with Crippen molar-refractivity contribution >= 4 is 5.82 Å². The Kier molecular flexibility index (Phi) is 4.37. The fourth-order valence-electron chi connectivity index (χ4n) is 2.54. The molecule has 0 saturated carbocycles. The summed E-state index contributed by atoms with van der Waals surface area (Å²) in [5, 5.41) is 8.02. The van der Waals surface area contributed by atoms with Crippen LogP contribution < -0.4 is 5.73 Å². The van der Waals surface area contributed by atoms with Crippen LogP contribution in [0.5, 0.6) is 0 Å². The van der Waals surface area contributed by atoms with Crippen LogP contribution in [-0.4, -0.2) is 51.2 Å². The summed E-state index contributed by atoms with van der Waals surface area (Å²) in [6.45, 7) is 6.05. The number of nitrogens with two attached hydrogens (primary N) is 1. The summed E-state index contributed by atoms with van der Waals surface area (Å²) in [5.41, 5.74) is 7.80. The summed E-state index contributed by atoms with van der Waals surface area (Å²) in [5.74, 6) is 0.472. The summed E-state index contributed by atoms with van der Waals surface area (Å²) < 4.78 is 0. The van der Waals surface area contributed by atoms with Crippen LogP contribution in [0.1, 0.15) is 11.3 Å². The van der Waals surface area contributed by atoms with Crippen LogP contribution in [0.3, 0.4) is 0 Å². The Balaban J connectivity index is 1.47. The van der Waals surface area contributed by atoms with Crippen molar-refractivity contribution in [1.29, 1.82) is 0 Å². The molecular weight excluding hydrogens is 264 g/mol. The monoisotopic (exact) mass is 284 g/mol. The van der Waals surface area contributed by atoms with Gasteiger partial charge >= 0.3 is 0 Å². The first-order valence-corrected chi connectivity index (χ1v) is 7.21. The van der Waals surface area contributed by atoms with Gasteiger partial charge in [0.25, 0.3) is 0 Å². The van der Waals surface area contributed by atoms with E-state index in [9.17, 15) is 0 Å². The molecule has 0 atom stereocenters. The van der Waals surface area contributed by atoms with E-state index in [4.69, 9.17) is 5.73 Å². The third-order valence-corrected chi connectivity index (χ3v) is 3.72. The molecule has 110 valence electrons. The average Bonchev–Trinajstić information content (AvgIpc) is 2.53. The van der Waals surface area contributed by atoms with Crippen LogP contribution in [0, 0.1) is 0 Å². The summed E-state index contributed by atoms with van der Waals surface area (Å²) in [6, 6.07) is 7.88. The number of piperazine rings is 1. The number of rotatable bonds is 4. The van der Waals surface area contributed by atoms with E-state index in [2.05, 4.69) is 31.0 Å². The molecule has 21 heavy (non-hydrogen) atoms. The number of hydrogen-bond donors (Lipinski definition) is 1. The van der Waals surface area contributed by atoms with Crippen molar-refractivity contribution in [2.45, 2.75) is 13.1 Å². The Morgan fingerprint density at radius 1 is 0.952 bits per heavy atom. The number of anilines is 1. The molecule has 3 rings (SSSR count). The van der Waals surface area contributed by atoms with Crippen LogP contribution in [0.15, 0.2) is 36.7 Å². The zero-order valence-corrected chi connectivity index (χ0v) is 12.0. The second kappa shape index (κ2) is 6.60. The van der Waals surface area contributed by atoms with Crippen LogP contribution in [0.25, 0.3) is 0 Å². The Morgan fingerprint density at radius 3 is 2.33 bits per heavy atom. The fourth-order valence-corrected chi connectivity index (χ4v) is 2.54. The van der Waals surface area contributed by atoms with E-state index in [-0.39, 0.29) is 0 Å². The summed E-state index contributed by atoms with van der Waals surface area (Å²) in [4.78, 5) is 9.03. The van der Waals surface area contributed by atoms with Gasteiger partial charge in [0.15, 0.2) is 0 Å². The maximum Gasteiger partial charge on any atom is 0.146 e. The van der Waals surface area contributed by atoms with Gasteiger partial charge in [-0.3, -0.25) is 14.8 Å². The number of aromatic nitrogens is 3. The molecule has 3 heterocycles. The predicted molar refractivity (Wildman–Crippen MR) is 81.2 cm³/mol. The van der Waals surface area contributed by atoms with E-state index in [0.717, 1.165) is 45.0 Å². The molecule has 0 amide bonds. The van der Waals surface area contributed by atoms with E-state index < -0.39 is 0 Å². The highest BCUT2D eigenvalue weighted by Crippen LogP contribution is 2.10. The molecule has 1 saturated heterocycles. The third kappa shape index (κ3) is 3.96. The van der Waals surface area contributed by atoms with Crippen molar-refractivity contribution < 1.29 is 0 Å². The van der Waals surface area contributed by atoms with E-state index in [1.807, 2.05) is 24.5 Å². The van der Waals surface area contributed by atoms with Gasteiger partial charge in [-0.1, -0.05) is 6.07 Å². The minimum Gasteiger partial charge on any atom is -0.382 e. The first-order chi connectivity index (χ1) is 10.3. The van der Waals surface area contributed by atoms with Crippen LogP contribution >= 0.6 is 0 Å². The molecule has 0 spiro atoms. The topological polar surface area (TPSA) is 71.2 Å². The summed E-state index contributed by atoms with van der Waals surface area (Å²) in [7, 11) is 0. The fraction of sp³-hybridized carbons (Fsp3) is 0.400. The lowest BCUT2D eigenvalue weighted by atomic mass is 10.2. The molecule has 2 N–H and O–H groups in total. The zero-order chi connectivity index (χ0) is 14.5. The lowest BCUT2D eigenvalue weighted by Crippen LogP contribution is -2.45. The predicted octanol–water partition coefficient (Wildman–Crippen LogP) is 0.772. The number of nitrogen functional groups attached to an aromatic ring is 1. The van der Waals surface area contributed by atoms with E-state index >= 15 is 0 Å². The number of nitrogens with zero attached hydrogens (tertiary/aromatic N) is 5. The minimum atomic E-state index is 0.472. The van der Waals surface area contributed by atoms with Crippen molar-refractivity contribution in [1.82, 2.24) is 25.0 Å². The molecule has 2 aromatic rings. The molecule has 2 aromatic heterocycles. The first kappa shape index (κ1) is 13.9. The van der Waals surface area contributed by atoms with Gasteiger partial charge in [0.1, 0.15) is 5.82 Å². The smallest absolute Gasteiger partial charge is 0.146 e. The minimum absolute atomic E-state index is 0.472. The van der Waals surface area contributed by atoms with E-state index in [0.29, 0.717) is 5.82 Å². The maximum atomic E-state index is 5.55. The van der Waals surface area contributed by atoms with Gasteiger partial charge in [0, 0.05) is 51.7 Å². The third-order valence-electron chi connectivity index (χ3n) is 3.72. The molecule has 0 bridgehead atoms. The lowest BCUT2D eigenvalue weighted by Gasteiger charge is -2.34. The SMILES string of the molecule is Nc1ccc(CN2CCN(Cc3cccnc3)CC2)nn1. The Labute approximate surface area is 124 Å². The van der Waals surface area contributed by atoms with Crippen molar-refractivity contribution in [3.05, 3.63) is 47.9 Å². The highest BCUT2D eigenvalue weighted by atomic mass is 15.3. The van der Waals surface area contributed by atoms with Crippen molar-refractivity contribution in [2.75, 3.05) is 31.9 Å². The van der Waals surface area contributed by atoms with E-state index in [1.165, 1.54) is 5.56 Å². The van der Waals surface area contributed by atoms with Gasteiger partial charge < -0.3 is 5.73 Å². The molecule has 0 aromatic carbocycles. The number of pyridine rings is 1. The van der Waals surface area contributed by atoms with Crippen molar-refractivity contribution in [2.24, 2.45) is 0 Å². The largest absolute Gasteiger partial charge is 0.382 e. The Hall–Kier alpha value is -2.05. The second-order valence-corrected chi connectivity index (χ2v) is 5.36. The average molecular weight is 284 g/mol. The van der Waals surface area contributed by atoms with Crippen molar-refractivity contribution in [3.8, 4) is 0 Å². The molecule has 1 aliphatic rings. The van der Waals surface area contributed by atoms with Gasteiger partial charge in [-0.15, -0.1) is 5.10 Å². The van der Waals surface area contributed by atoms with Gasteiger partial charge in [-0.2, -0.15) is 5.10 Å². The zero-order valence-electron chi connectivity index (χ0n) is 12.0. The molecule has 1 fully saturated rings. The maximum absolute atomic E-state index is 5.55. The van der Waals surface area contributed by atoms with Crippen LogP contribution in [0.4, 0.5) is 5.82 Å². The van der Waals surface area contributed by atoms with Crippen LogP contribution in [0.2, 0.25) is 0 Å². The Morgan fingerprint density at radius 2 is 1.71 bits per heavy atom. The Bertz CT molecular complexity index is 548. The highest BCUT2D eigenvalue weighted by molar-refractivity contribution is 5.25. The number of hydrogen-bond acceptors (Lipinski definition) is 6. The molecule has 0 radical (unpaired) electrons. The lowest BCUT2D eigenvalue weighted by molar-refractivity contribution is 0.120. The van der Waals surface area contributed by atoms with Gasteiger partial charge in [0.05, 0.1) is 5.69 Å². The van der Waals surface area contributed by atoms with Gasteiger partial charge in [0.2, 0.25) is 0 Å². The molecule has 0 unspecified atom stereocenters. The molecule has 6 nitrogen and oxygen atoms in total. The summed E-state index contributed by atoms with van der Waals surface area (Å²) in [6.07, 6.45) is 3.76. The molecule has 6 heteroatoms. The second-order valence-electron chi connectivity index (χ2n) is 5.36. The van der Waals surface area contributed by atoms with Gasteiger partial charge in [-0.05, 0) is 23.8 Å². The van der Waals surface area contributed by atoms with Crippen molar-refractivity contribution in [3.63, 3.8) is 0 Å². The van der Waals surface area contributed by atoms with Crippen LogP contribution in [-0.2, 0) is 13.1 Å². The summed E-state index contributed by atoms with van der Waals surface area (Å²) >= 11 is 0. The highest BCUT2D eigenvalue weighted by Gasteiger charge is 2.17. The molecule has 1 aliphatic heterocycles. The normalized spacial score (nSPS) is 17.0.